The molecule has 2 amide bonds. The minimum Gasteiger partial charge on any atom is -0.454 e. The lowest BCUT2D eigenvalue weighted by atomic mass is 9.91. The third kappa shape index (κ3) is 4.00. The SMILES string of the molecule is CC1(C(=O)NC2CCCCCCC2)Cn2c(cc3ccccc32)C(=O)N1Cc1ccc2c(c1)OCO2. The normalized spacial score (nSPS) is 22.2. The van der Waals surface area contributed by atoms with Gasteiger partial charge < -0.3 is 24.3 Å². The zero-order valence-corrected chi connectivity index (χ0v) is 20.8. The molecule has 36 heavy (non-hydrogen) atoms. The van der Waals surface area contributed by atoms with E-state index in [1.165, 1.54) is 19.3 Å². The summed E-state index contributed by atoms with van der Waals surface area (Å²) in [5.74, 6) is 1.16. The van der Waals surface area contributed by atoms with Gasteiger partial charge in [-0.15, -0.1) is 0 Å². The molecule has 0 spiro atoms. The summed E-state index contributed by atoms with van der Waals surface area (Å²) in [7, 11) is 0. The third-order valence-corrected chi connectivity index (χ3v) is 8.04. The molecule has 0 saturated heterocycles. The number of carbonyl (C=O) groups is 2. The maximum absolute atomic E-state index is 14.0. The summed E-state index contributed by atoms with van der Waals surface area (Å²) < 4.78 is 13.0. The Balaban J connectivity index is 1.36. The standard InChI is InChI=1S/C29H33N3O4/c1-29(28(34)30-22-10-5-3-2-4-6-11-22)18-31-23-12-8-7-9-21(23)16-24(31)27(33)32(29)17-20-13-14-25-26(15-20)36-19-35-25/h7-9,12-16,22H,2-6,10-11,17-19H2,1H3,(H,30,34). The van der Waals surface area contributed by atoms with Crippen LogP contribution in [-0.2, 0) is 17.9 Å². The first-order valence-corrected chi connectivity index (χ1v) is 13.1. The van der Waals surface area contributed by atoms with Gasteiger partial charge in [0.2, 0.25) is 12.7 Å². The zero-order chi connectivity index (χ0) is 24.7. The van der Waals surface area contributed by atoms with Crippen molar-refractivity contribution in [2.45, 2.75) is 76.5 Å². The molecule has 1 aliphatic carbocycles. The first kappa shape index (κ1) is 23.0. The summed E-state index contributed by atoms with van der Waals surface area (Å²) in [4.78, 5) is 29.8. The number of hydrogen-bond donors (Lipinski definition) is 1. The van der Waals surface area contributed by atoms with Crippen molar-refractivity contribution >= 4 is 22.7 Å². The Labute approximate surface area is 211 Å². The van der Waals surface area contributed by atoms with Gasteiger partial charge in [0.1, 0.15) is 11.2 Å². The molecule has 188 valence electrons. The van der Waals surface area contributed by atoms with Gasteiger partial charge in [-0.05, 0) is 49.6 Å². The van der Waals surface area contributed by atoms with Crippen molar-refractivity contribution in [3.8, 4) is 11.5 Å². The number of ether oxygens (including phenoxy) is 2. The second kappa shape index (κ2) is 9.19. The number of nitrogens with zero attached hydrogens (tertiary/aromatic N) is 2. The third-order valence-electron chi connectivity index (χ3n) is 8.04. The highest BCUT2D eigenvalue weighted by molar-refractivity contribution is 6.03. The molecule has 3 aromatic rings. The Bertz CT molecular complexity index is 1310. The lowest BCUT2D eigenvalue weighted by Gasteiger charge is -2.44. The van der Waals surface area contributed by atoms with E-state index in [0.29, 0.717) is 30.3 Å². The topological polar surface area (TPSA) is 72.8 Å². The molecule has 2 aromatic carbocycles. The Hall–Kier alpha value is -3.48. The molecular formula is C29H33N3O4. The van der Waals surface area contributed by atoms with E-state index < -0.39 is 5.54 Å². The first-order chi connectivity index (χ1) is 17.5. The molecule has 3 aliphatic rings. The summed E-state index contributed by atoms with van der Waals surface area (Å²) in [5, 5.41) is 4.36. The molecule has 1 aromatic heterocycles. The molecule has 1 saturated carbocycles. The molecule has 0 bridgehead atoms. The van der Waals surface area contributed by atoms with Gasteiger partial charge in [0.05, 0.1) is 6.54 Å². The maximum atomic E-state index is 14.0. The quantitative estimate of drug-likeness (QED) is 0.561. The number of amides is 2. The summed E-state index contributed by atoms with van der Waals surface area (Å²) >= 11 is 0. The van der Waals surface area contributed by atoms with Gasteiger partial charge in [0.25, 0.3) is 5.91 Å². The summed E-state index contributed by atoms with van der Waals surface area (Å²) in [5.41, 5.74) is 1.47. The predicted molar refractivity (Wildman–Crippen MR) is 137 cm³/mol. The van der Waals surface area contributed by atoms with Crippen molar-refractivity contribution in [2.75, 3.05) is 6.79 Å². The molecule has 7 nitrogen and oxygen atoms in total. The minimum absolute atomic E-state index is 0.0782. The maximum Gasteiger partial charge on any atom is 0.271 e. The molecule has 6 rings (SSSR count). The molecule has 1 N–H and O–H groups in total. The molecule has 0 radical (unpaired) electrons. The van der Waals surface area contributed by atoms with E-state index in [1.54, 1.807) is 4.90 Å². The van der Waals surface area contributed by atoms with E-state index in [-0.39, 0.29) is 24.6 Å². The Morgan fingerprint density at radius 2 is 1.75 bits per heavy atom. The fraction of sp³-hybridized carbons (Fsp3) is 0.448. The summed E-state index contributed by atoms with van der Waals surface area (Å²) in [6.07, 6.45) is 7.97. The Morgan fingerprint density at radius 3 is 2.58 bits per heavy atom. The molecule has 1 unspecified atom stereocenters. The average Bonchev–Trinajstić information content (AvgIpc) is 3.47. The van der Waals surface area contributed by atoms with E-state index >= 15 is 0 Å². The lowest BCUT2D eigenvalue weighted by molar-refractivity contribution is -0.134. The van der Waals surface area contributed by atoms with Gasteiger partial charge in [0.15, 0.2) is 11.5 Å². The van der Waals surface area contributed by atoms with Crippen LogP contribution in [0, 0.1) is 0 Å². The highest BCUT2D eigenvalue weighted by Crippen LogP contribution is 2.36. The Morgan fingerprint density at radius 1 is 1.00 bits per heavy atom. The largest absolute Gasteiger partial charge is 0.454 e. The van der Waals surface area contributed by atoms with Crippen LogP contribution in [0.2, 0.25) is 0 Å². The number of aromatic nitrogens is 1. The van der Waals surface area contributed by atoms with Crippen LogP contribution in [0.15, 0.2) is 48.5 Å². The van der Waals surface area contributed by atoms with Gasteiger partial charge in [-0.2, -0.15) is 0 Å². The number of para-hydroxylation sites is 1. The van der Waals surface area contributed by atoms with Crippen LogP contribution in [0.4, 0.5) is 0 Å². The number of rotatable bonds is 4. The van der Waals surface area contributed by atoms with Crippen LogP contribution < -0.4 is 14.8 Å². The molecular weight excluding hydrogens is 454 g/mol. The van der Waals surface area contributed by atoms with Crippen molar-refractivity contribution in [3.63, 3.8) is 0 Å². The molecule has 1 atom stereocenters. The van der Waals surface area contributed by atoms with E-state index in [2.05, 4.69) is 5.32 Å². The van der Waals surface area contributed by atoms with Gasteiger partial charge in [0, 0.05) is 23.5 Å². The van der Waals surface area contributed by atoms with Crippen LogP contribution in [-0.4, -0.2) is 39.7 Å². The van der Waals surface area contributed by atoms with Crippen LogP contribution in [0.1, 0.15) is 67.9 Å². The lowest BCUT2D eigenvalue weighted by Crippen LogP contribution is -2.64. The van der Waals surface area contributed by atoms with Crippen molar-refractivity contribution in [2.24, 2.45) is 0 Å². The van der Waals surface area contributed by atoms with E-state index in [4.69, 9.17) is 9.47 Å². The van der Waals surface area contributed by atoms with Gasteiger partial charge in [-0.3, -0.25) is 9.59 Å². The predicted octanol–water partition coefficient (Wildman–Crippen LogP) is 5.01. The smallest absolute Gasteiger partial charge is 0.271 e. The average molecular weight is 488 g/mol. The van der Waals surface area contributed by atoms with Crippen molar-refractivity contribution in [3.05, 3.63) is 59.8 Å². The van der Waals surface area contributed by atoms with Crippen molar-refractivity contribution in [1.29, 1.82) is 0 Å². The van der Waals surface area contributed by atoms with Gasteiger partial charge in [-0.1, -0.05) is 56.4 Å². The van der Waals surface area contributed by atoms with Crippen molar-refractivity contribution in [1.82, 2.24) is 14.8 Å². The zero-order valence-electron chi connectivity index (χ0n) is 20.8. The van der Waals surface area contributed by atoms with Crippen LogP contribution in [0.25, 0.3) is 10.9 Å². The molecule has 2 aliphatic heterocycles. The number of benzene rings is 2. The molecule has 7 heteroatoms. The minimum atomic E-state index is -1.04. The van der Waals surface area contributed by atoms with E-state index in [1.807, 2.05) is 60.0 Å². The molecule has 1 fully saturated rings. The fourth-order valence-corrected chi connectivity index (χ4v) is 5.92. The number of fused-ring (bicyclic) bond motifs is 4. The summed E-state index contributed by atoms with van der Waals surface area (Å²) in [6.45, 7) is 2.83. The second-order valence-electron chi connectivity index (χ2n) is 10.5. The van der Waals surface area contributed by atoms with Crippen LogP contribution >= 0.6 is 0 Å². The Kier molecular flexibility index (Phi) is 5.86. The highest BCUT2D eigenvalue weighted by Gasteiger charge is 2.48. The van der Waals surface area contributed by atoms with Crippen LogP contribution in [0.3, 0.4) is 0 Å². The van der Waals surface area contributed by atoms with Gasteiger partial charge in [-0.25, -0.2) is 0 Å². The number of hydrogen-bond acceptors (Lipinski definition) is 4. The number of nitrogens with one attached hydrogen (secondary N) is 1. The highest BCUT2D eigenvalue weighted by atomic mass is 16.7. The summed E-state index contributed by atoms with van der Waals surface area (Å²) in [6, 6.07) is 15.8. The van der Waals surface area contributed by atoms with E-state index in [0.717, 1.165) is 42.1 Å². The van der Waals surface area contributed by atoms with Gasteiger partial charge >= 0.3 is 0 Å². The number of carbonyl (C=O) groups excluding carboxylic acids is 2. The van der Waals surface area contributed by atoms with Crippen molar-refractivity contribution < 1.29 is 19.1 Å². The van der Waals surface area contributed by atoms with Crippen LogP contribution in [0.5, 0.6) is 11.5 Å². The second-order valence-corrected chi connectivity index (χ2v) is 10.5. The van der Waals surface area contributed by atoms with E-state index in [9.17, 15) is 9.59 Å². The molecule has 3 heterocycles. The first-order valence-electron chi connectivity index (χ1n) is 13.1. The fourth-order valence-electron chi connectivity index (χ4n) is 5.92. The monoisotopic (exact) mass is 487 g/mol.